The minimum absolute atomic E-state index is 0.0314. The van der Waals surface area contributed by atoms with Crippen molar-refractivity contribution in [2.45, 2.75) is 116 Å². The largest absolute Gasteiger partial charge is 0.481 e. The highest BCUT2D eigenvalue weighted by Gasteiger charge is 2.44. The zero-order chi connectivity index (χ0) is 37.5. The average molecular weight is 740 g/mol. The number of ether oxygens (including phenoxy) is 1. The maximum Gasteiger partial charge on any atom is 0.306 e. The molecule has 3 saturated heterocycles. The lowest BCUT2D eigenvalue weighted by Gasteiger charge is -2.45. The molecule has 284 valence electrons. The van der Waals surface area contributed by atoms with E-state index in [2.05, 4.69) is 30.5 Å². The number of amides is 3. The summed E-state index contributed by atoms with van der Waals surface area (Å²) in [6, 6.07) is 0.0563. The summed E-state index contributed by atoms with van der Waals surface area (Å²) in [6.07, 6.45) is 8.61. The summed E-state index contributed by atoms with van der Waals surface area (Å²) >= 11 is 1.18. The van der Waals surface area contributed by atoms with Gasteiger partial charge in [0.05, 0.1) is 12.0 Å². The highest BCUT2D eigenvalue weighted by molar-refractivity contribution is 7.09. The first kappa shape index (κ1) is 39.2. The van der Waals surface area contributed by atoms with Crippen molar-refractivity contribution >= 4 is 41.0 Å². The van der Waals surface area contributed by atoms with Gasteiger partial charge in [-0.3, -0.25) is 28.9 Å². The molecule has 0 aromatic carbocycles. The van der Waals surface area contributed by atoms with E-state index in [4.69, 9.17) is 4.74 Å². The Hall–Kier alpha value is -3.98. The van der Waals surface area contributed by atoms with Crippen molar-refractivity contribution in [3.8, 4) is 0 Å². The Kier molecular flexibility index (Phi) is 13.3. The van der Waals surface area contributed by atoms with Gasteiger partial charge in [-0.15, -0.1) is 11.3 Å². The van der Waals surface area contributed by atoms with Crippen LogP contribution in [0.2, 0.25) is 0 Å². The first-order valence-electron chi connectivity index (χ1n) is 18.5. The first-order valence-corrected chi connectivity index (χ1v) is 19.4. The van der Waals surface area contributed by atoms with Gasteiger partial charge in [-0.05, 0) is 81.9 Å². The van der Waals surface area contributed by atoms with Crippen molar-refractivity contribution in [1.29, 1.82) is 0 Å². The highest BCUT2D eigenvalue weighted by atomic mass is 32.1. The first-order chi connectivity index (χ1) is 24.8. The quantitative estimate of drug-likeness (QED) is 0.190. The van der Waals surface area contributed by atoms with E-state index >= 15 is 0 Å². The lowest BCUT2D eigenvalue weighted by atomic mass is 9.83. The Bertz CT molecular complexity index is 1560. The van der Waals surface area contributed by atoms with Gasteiger partial charge in [-0.2, -0.15) is 0 Å². The Balaban J connectivity index is 1.26. The molecule has 52 heavy (non-hydrogen) atoms. The number of nitrogens with one attached hydrogen (secondary N) is 2. The number of aromatic nitrogens is 3. The summed E-state index contributed by atoms with van der Waals surface area (Å²) in [5.74, 6) is -1.65. The summed E-state index contributed by atoms with van der Waals surface area (Å²) in [5, 5.41) is 17.6. The van der Waals surface area contributed by atoms with Crippen molar-refractivity contribution in [3.05, 3.63) is 40.4 Å². The predicted molar refractivity (Wildman–Crippen MR) is 193 cm³/mol. The van der Waals surface area contributed by atoms with Gasteiger partial charge in [0.2, 0.25) is 11.8 Å². The molecular weight excluding hydrogens is 687 g/mol. The number of aryl methyl sites for hydroxylation is 1. The van der Waals surface area contributed by atoms with Crippen LogP contribution in [0.5, 0.6) is 0 Å². The van der Waals surface area contributed by atoms with E-state index < -0.39 is 42.0 Å². The number of carbonyl (C=O) groups excluding carboxylic acids is 4. The molecule has 3 amide bonds. The average Bonchev–Trinajstić information content (AvgIpc) is 3.85. The lowest BCUT2D eigenvalue weighted by molar-refractivity contribution is -0.149. The molecule has 0 unspecified atom stereocenters. The second kappa shape index (κ2) is 17.7. The number of aliphatic carboxylic acids is 1. The summed E-state index contributed by atoms with van der Waals surface area (Å²) in [7, 11) is 1.74. The van der Waals surface area contributed by atoms with Crippen LogP contribution >= 0.6 is 11.3 Å². The number of esters is 1. The zero-order valence-electron chi connectivity index (χ0n) is 30.8. The Morgan fingerprint density at radius 2 is 1.73 bits per heavy atom. The van der Waals surface area contributed by atoms with Crippen LogP contribution in [-0.2, 0) is 30.3 Å². The third-order valence-corrected chi connectivity index (χ3v) is 11.7. The number of fused-ring (bicyclic) bond motifs is 3. The van der Waals surface area contributed by atoms with Crippen LogP contribution in [0.25, 0.3) is 0 Å². The summed E-state index contributed by atoms with van der Waals surface area (Å²) in [4.78, 5) is 82.0. The molecule has 2 aromatic rings. The van der Waals surface area contributed by atoms with Gasteiger partial charge in [-0.1, -0.05) is 20.8 Å². The van der Waals surface area contributed by atoms with Crippen molar-refractivity contribution in [2.24, 2.45) is 23.7 Å². The smallest absolute Gasteiger partial charge is 0.306 e. The van der Waals surface area contributed by atoms with Crippen molar-refractivity contribution < 1.29 is 33.8 Å². The molecule has 3 aliphatic heterocycles. The molecule has 2 aromatic heterocycles. The maximum absolute atomic E-state index is 14.1. The summed E-state index contributed by atoms with van der Waals surface area (Å²) in [5.41, 5.74) is 0.121. The van der Waals surface area contributed by atoms with Crippen molar-refractivity contribution in [1.82, 2.24) is 35.4 Å². The van der Waals surface area contributed by atoms with Gasteiger partial charge >= 0.3 is 11.9 Å². The van der Waals surface area contributed by atoms with Crippen molar-refractivity contribution in [3.63, 3.8) is 0 Å². The van der Waals surface area contributed by atoms with E-state index in [0.29, 0.717) is 29.6 Å². The van der Waals surface area contributed by atoms with Crippen LogP contribution in [0.4, 0.5) is 0 Å². The predicted octanol–water partition coefficient (Wildman–Crippen LogP) is 3.63. The van der Waals surface area contributed by atoms with Gasteiger partial charge < -0.3 is 25.4 Å². The van der Waals surface area contributed by atoms with Gasteiger partial charge in [-0.25, -0.2) is 15.0 Å². The number of carbonyl (C=O) groups is 5. The van der Waals surface area contributed by atoms with Crippen LogP contribution in [0.1, 0.15) is 106 Å². The fourth-order valence-corrected chi connectivity index (χ4v) is 8.35. The molecular formula is C37H53N7O7S. The van der Waals surface area contributed by atoms with Crippen LogP contribution in [-0.4, -0.2) is 104 Å². The molecule has 5 heterocycles. The number of carboxylic acids is 1. The third-order valence-electron chi connectivity index (χ3n) is 10.7. The number of carboxylic acid groups (broad SMARTS) is 1. The number of piperidine rings is 3. The van der Waals surface area contributed by atoms with E-state index in [1.54, 1.807) is 42.7 Å². The maximum atomic E-state index is 14.1. The molecule has 1 saturated carbocycles. The number of hydrogen-bond donors (Lipinski definition) is 3. The lowest BCUT2D eigenvalue weighted by Crippen LogP contribution is -2.59. The van der Waals surface area contributed by atoms with Crippen LogP contribution < -0.4 is 10.6 Å². The zero-order valence-corrected chi connectivity index (χ0v) is 31.6. The Morgan fingerprint density at radius 3 is 2.31 bits per heavy atom. The standard InChI is InChI=1S/C37H53N7O7S/c1-21(2)28(43(5)36(48)32(25-7-8-25)42-34(47)29-18-24-11-15-44(29)16-12-24)19-30(51-23(4)45)35-41-27(20-52-35)33(46)40-26(17-22(3)37(49)50)9-10-31-38-13-6-14-39-31/h6,13-14,20-22,24-26,28-30,32H,7-12,15-19H2,1-5H3,(H,40,46)(H,42,47)(H,49,50)/t22-,26-,28+,29+,30+,32-/m0/s1. The number of rotatable bonds is 18. The van der Waals surface area contributed by atoms with Gasteiger partial charge in [0.15, 0.2) is 6.10 Å². The molecule has 1 aliphatic carbocycles. The van der Waals surface area contributed by atoms with Gasteiger partial charge in [0.25, 0.3) is 5.91 Å². The SMILES string of the molecule is CC(=O)O[C@H](C[C@H](C(C)C)N(C)C(=O)[C@@H](NC(=O)[C@H]1CC2CCN1CC2)C1CC1)c1nc(C(=O)N[C@@H](CCc2ncccn2)C[C@H](C)C(=O)O)cs1. The number of thiazole rings is 1. The fraction of sp³-hybridized carbons (Fsp3) is 0.676. The third kappa shape index (κ3) is 10.3. The van der Waals surface area contributed by atoms with E-state index in [9.17, 15) is 29.1 Å². The van der Waals surface area contributed by atoms with Crippen LogP contribution in [0, 0.1) is 23.7 Å². The number of likely N-dealkylation sites (N-methyl/N-ethyl adjacent to an activating group) is 1. The van der Waals surface area contributed by atoms with Gasteiger partial charge in [0.1, 0.15) is 22.6 Å². The molecule has 2 bridgehead atoms. The van der Waals surface area contributed by atoms with Crippen LogP contribution in [0.3, 0.4) is 0 Å². The molecule has 4 fully saturated rings. The normalized spacial score (nSPS) is 22.5. The Morgan fingerprint density at radius 1 is 1.04 bits per heavy atom. The molecule has 6 rings (SSSR count). The minimum Gasteiger partial charge on any atom is -0.481 e. The molecule has 0 radical (unpaired) electrons. The summed E-state index contributed by atoms with van der Waals surface area (Å²) in [6.45, 7) is 8.74. The van der Waals surface area contributed by atoms with E-state index in [1.807, 2.05) is 13.8 Å². The molecule has 3 N–H and O–H groups in total. The fourth-order valence-electron chi connectivity index (χ4n) is 7.52. The molecule has 6 atom stereocenters. The second-order valence-corrected chi connectivity index (χ2v) is 16.0. The highest BCUT2D eigenvalue weighted by Crippen LogP contribution is 2.37. The summed E-state index contributed by atoms with van der Waals surface area (Å²) < 4.78 is 5.77. The van der Waals surface area contributed by atoms with E-state index in [0.717, 1.165) is 45.2 Å². The van der Waals surface area contributed by atoms with E-state index in [-0.39, 0.29) is 54.3 Å². The number of nitrogens with zero attached hydrogens (tertiary/aromatic N) is 5. The van der Waals surface area contributed by atoms with Crippen molar-refractivity contribution in [2.75, 3.05) is 20.1 Å². The van der Waals surface area contributed by atoms with Crippen LogP contribution in [0.15, 0.2) is 23.8 Å². The Labute approximate surface area is 309 Å². The van der Waals surface area contributed by atoms with E-state index in [1.165, 1.54) is 18.3 Å². The monoisotopic (exact) mass is 739 g/mol. The molecule has 0 spiro atoms. The van der Waals surface area contributed by atoms with Gasteiger partial charge in [0, 0.05) is 56.7 Å². The molecule has 4 aliphatic rings. The molecule has 15 heteroatoms. The second-order valence-electron chi connectivity index (χ2n) is 15.1. The number of hydrogen-bond acceptors (Lipinski definition) is 11. The topological polar surface area (TPSA) is 184 Å². The minimum atomic E-state index is -0.960. The molecule has 14 nitrogen and oxygen atoms in total.